The second kappa shape index (κ2) is 19.6. The molecule has 0 aliphatic carbocycles. The Morgan fingerprint density at radius 3 is 1.72 bits per heavy atom. The van der Waals surface area contributed by atoms with E-state index in [9.17, 15) is 4.79 Å². The fourth-order valence-electron chi connectivity index (χ4n) is 2.05. The molecule has 29 heavy (non-hydrogen) atoms. The van der Waals surface area contributed by atoms with Gasteiger partial charge in [-0.25, -0.2) is 4.79 Å². The highest BCUT2D eigenvalue weighted by Crippen LogP contribution is 2.00. The average Bonchev–Trinajstić information content (AvgIpc) is 2.75. The molecule has 9 heteroatoms. The molecule has 0 aliphatic rings. The summed E-state index contributed by atoms with van der Waals surface area (Å²) in [7, 11) is 0. The van der Waals surface area contributed by atoms with Crippen LogP contribution >= 0.6 is 0 Å². The van der Waals surface area contributed by atoms with E-state index in [0.717, 1.165) is 5.56 Å². The van der Waals surface area contributed by atoms with Crippen molar-refractivity contribution in [2.75, 3.05) is 79.2 Å². The lowest BCUT2D eigenvalue weighted by molar-refractivity contribution is -0.0130. The predicted molar refractivity (Wildman–Crippen MR) is 106 cm³/mol. The van der Waals surface area contributed by atoms with Crippen LogP contribution in [-0.4, -0.2) is 90.4 Å². The van der Waals surface area contributed by atoms with Gasteiger partial charge >= 0.3 is 6.09 Å². The Labute approximate surface area is 172 Å². The lowest BCUT2D eigenvalue weighted by Gasteiger charge is -2.09. The number of ether oxygens (including phenoxy) is 6. The summed E-state index contributed by atoms with van der Waals surface area (Å²) in [6, 6.07) is 9.49. The molecule has 0 radical (unpaired) electrons. The summed E-state index contributed by atoms with van der Waals surface area (Å²) < 4.78 is 31.5. The summed E-state index contributed by atoms with van der Waals surface area (Å²) in [5.74, 6) is 0. The molecule has 0 unspecified atom stereocenters. The van der Waals surface area contributed by atoms with Gasteiger partial charge in [0.25, 0.3) is 0 Å². The number of carbonyl (C=O) groups is 1. The highest BCUT2D eigenvalue weighted by Gasteiger charge is 2.01. The zero-order valence-electron chi connectivity index (χ0n) is 16.9. The highest BCUT2D eigenvalue weighted by molar-refractivity contribution is 5.67. The van der Waals surface area contributed by atoms with Gasteiger partial charge in [0, 0.05) is 6.54 Å². The molecular formula is C20H33NO8. The largest absolute Gasteiger partial charge is 0.445 e. The molecule has 0 saturated carbocycles. The van der Waals surface area contributed by atoms with Crippen LogP contribution in [0.5, 0.6) is 0 Å². The number of aliphatic hydroxyl groups is 1. The minimum atomic E-state index is -0.465. The lowest BCUT2D eigenvalue weighted by Crippen LogP contribution is -2.28. The van der Waals surface area contributed by atoms with Gasteiger partial charge in [0.2, 0.25) is 0 Å². The van der Waals surface area contributed by atoms with Crippen LogP contribution in [0.25, 0.3) is 0 Å². The van der Waals surface area contributed by atoms with Crippen molar-refractivity contribution in [1.29, 1.82) is 0 Å². The molecule has 1 amide bonds. The fourth-order valence-corrected chi connectivity index (χ4v) is 2.05. The van der Waals surface area contributed by atoms with Gasteiger partial charge in [0.05, 0.1) is 72.7 Å². The van der Waals surface area contributed by atoms with Gasteiger partial charge in [-0.1, -0.05) is 30.3 Å². The van der Waals surface area contributed by atoms with Crippen LogP contribution in [0.15, 0.2) is 30.3 Å². The second-order valence-electron chi connectivity index (χ2n) is 5.77. The van der Waals surface area contributed by atoms with Crippen LogP contribution in [0.4, 0.5) is 4.79 Å². The standard InChI is InChI=1S/C20H33NO8/c22-7-9-25-11-13-27-15-17-28-16-14-26-12-10-24-8-6-21-20(23)29-18-19-4-2-1-3-5-19/h1-5,22H,6-18H2,(H,21,23). The first-order chi connectivity index (χ1) is 14.3. The van der Waals surface area contributed by atoms with Crippen molar-refractivity contribution in [3.8, 4) is 0 Å². The quantitative estimate of drug-likeness (QED) is 0.322. The zero-order valence-corrected chi connectivity index (χ0v) is 16.9. The van der Waals surface area contributed by atoms with Crippen LogP contribution < -0.4 is 5.32 Å². The molecular weight excluding hydrogens is 382 g/mol. The van der Waals surface area contributed by atoms with Gasteiger partial charge in [-0.05, 0) is 5.56 Å². The summed E-state index contributed by atoms with van der Waals surface area (Å²) in [5.41, 5.74) is 0.941. The first-order valence-electron chi connectivity index (χ1n) is 9.77. The van der Waals surface area contributed by atoms with E-state index >= 15 is 0 Å². The van der Waals surface area contributed by atoms with Crippen LogP contribution in [0, 0.1) is 0 Å². The van der Waals surface area contributed by atoms with E-state index in [1.54, 1.807) is 0 Å². The third-order valence-corrected chi connectivity index (χ3v) is 3.45. The first kappa shape index (κ1) is 25.3. The van der Waals surface area contributed by atoms with Gasteiger partial charge in [0.1, 0.15) is 6.61 Å². The average molecular weight is 415 g/mol. The number of rotatable bonds is 19. The van der Waals surface area contributed by atoms with Crippen molar-refractivity contribution in [2.45, 2.75) is 6.61 Å². The maximum atomic E-state index is 11.5. The molecule has 1 rings (SSSR count). The van der Waals surface area contributed by atoms with Crippen molar-refractivity contribution < 1.29 is 38.3 Å². The number of hydrogen-bond donors (Lipinski definition) is 2. The van der Waals surface area contributed by atoms with Crippen LogP contribution in [0.1, 0.15) is 5.56 Å². The number of hydrogen-bond acceptors (Lipinski definition) is 8. The third kappa shape index (κ3) is 16.9. The number of benzene rings is 1. The van der Waals surface area contributed by atoms with Gasteiger partial charge in [0.15, 0.2) is 0 Å². The second-order valence-corrected chi connectivity index (χ2v) is 5.77. The van der Waals surface area contributed by atoms with Gasteiger partial charge in [-0.2, -0.15) is 0 Å². The topological polar surface area (TPSA) is 105 Å². The summed E-state index contributed by atoms with van der Waals surface area (Å²) >= 11 is 0. The van der Waals surface area contributed by atoms with Gasteiger partial charge < -0.3 is 38.8 Å². The minimum absolute atomic E-state index is 0.0227. The first-order valence-corrected chi connectivity index (χ1v) is 9.77. The smallest absolute Gasteiger partial charge is 0.407 e. The molecule has 0 saturated heterocycles. The van der Waals surface area contributed by atoms with E-state index in [2.05, 4.69) is 5.32 Å². The van der Waals surface area contributed by atoms with E-state index in [4.69, 9.17) is 33.5 Å². The maximum Gasteiger partial charge on any atom is 0.407 e. The number of carbonyl (C=O) groups excluding carboxylic acids is 1. The lowest BCUT2D eigenvalue weighted by atomic mass is 10.2. The van der Waals surface area contributed by atoms with E-state index < -0.39 is 6.09 Å². The number of alkyl carbamates (subject to hydrolysis) is 1. The van der Waals surface area contributed by atoms with Crippen molar-refractivity contribution in [2.24, 2.45) is 0 Å². The zero-order chi connectivity index (χ0) is 20.8. The summed E-state index contributed by atoms with van der Waals surface area (Å²) in [6.45, 7) is 5.16. The van der Waals surface area contributed by atoms with Crippen LogP contribution in [-0.2, 0) is 35.0 Å². The minimum Gasteiger partial charge on any atom is -0.445 e. The molecule has 166 valence electrons. The molecule has 0 heterocycles. The van der Waals surface area contributed by atoms with Gasteiger partial charge in [-0.3, -0.25) is 0 Å². The number of amides is 1. The normalized spacial score (nSPS) is 10.8. The summed E-state index contributed by atoms with van der Waals surface area (Å²) in [4.78, 5) is 11.5. The Kier molecular flexibility index (Phi) is 17.1. The van der Waals surface area contributed by atoms with E-state index in [0.29, 0.717) is 72.6 Å². The highest BCUT2D eigenvalue weighted by atomic mass is 16.6. The molecule has 2 N–H and O–H groups in total. The monoisotopic (exact) mass is 415 g/mol. The van der Waals surface area contributed by atoms with Crippen molar-refractivity contribution in [1.82, 2.24) is 5.32 Å². The maximum absolute atomic E-state index is 11.5. The van der Waals surface area contributed by atoms with Gasteiger partial charge in [-0.15, -0.1) is 0 Å². The van der Waals surface area contributed by atoms with E-state index in [-0.39, 0.29) is 13.2 Å². The Balaban J connectivity index is 1.74. The van der Waals surface area contributed by atoms with Crippen molar-refractivity contribution in [3.05, 3.63) is 35.9 Å². The summed E-state index contributed by atoms with van der Waals surface area (Å²) in [5, 5.41) is 11.2. The van der Waals surface area contributed by atoms with E-state index in [1.165, 1.54) is 0 Å². The molecule has 0 aromatic heterocycles. The fraction of sp³-hybridized carbons (Fsp3) is 0.650. The third-order valence-electron chi connectivity index (χ3n) is 3.45. The molecule has 9 nitrogen and oxygen atoms in total. The molecule has 0 atom stereocenters. The molecule has 0 fully saturated rings. The van der Waals surface area contributed by atoms with E-state index in [1.807, 2.05) is 30.3 Å². The molecule has 1 aromatic rings. The van der Waals surface area contributed by atoms with Crippen LogP contribution in [0.2, 0.25) is 0 Å². The SMILES string of the molecule is O=C(NCCOCCOCCOCCOCCOCCO)OCc1ccccc1. The number of nitrogens with one attached hydrogen (secondary N) is 1. The molecule has 0 spiro atoms. The molecule has 0 aliphatic heterocycles. The summed E-state index contributed by atoms with van der Waals surface area (Å²) in [6.07, 6.45) is -0.465. The van der Waals surface area contributed by atoms with Crippen molar-refractivity contribution in [3.63, 3.8) is 0 Å². The predicted octanol–water partition coefficient (Wildman–Crippen LogP) is 0.988. The number of aliphatic hydroxyl groups excluding tert-OH is 1. The molecule has 1 aromatic carbocycles. The van der Waals surface area contributed by atoms with Crippen molar-refractivity contribution >= 4 is 6.09 Å². The Morgan fingerprint density at radius 2 is 1.21 bits per heavy atom. The molecule has 0 bridgehead atoms. The Morgan fingerprint density at radius 1 is 0.724 bits per heavy atom. The Hall–Kier alpha value is -1.75. The van der Waals surface area contributed by atoms with Crippen LogP contribution in [0.3, 0.4) is 0 Å². The Bertz CT molecular complexity index is 489.